The molecule has 6 heteroatoms. The summed E-state index contributed by atoms with van der Waals surface area (Å²) in [5.41, 5.74) is 0.0331. The summed E-state index contributed by atoms with van der Waals surface area (Å²) in [6, 6.07) is -0.252. The quantitative estimate of drug-likeness (QED) is 0.508. The van der Waals surface area contributed by atoms with E-state index in [1.807, 2.05) is 0 Å². The molecule has 1 fully saturated rings. The van der Waals surface area contributed by atoms with Crippen LogP contribution in [0, 0.1) is 5.41 Å². The van der Waals surface area contributed by atoms with Gasteiger partial charge in [-0.3, -0.25) is 4.79 Å². The predicted molar refractivity (Wildman–Crippen MR) is 75.5 cm³/mol. The number of carbonyl (C=O) groups excluding carboxylic acids is 1. The second-order valence-corrected chi connectivity index (χ2v) is 5.64. The summed E-state index contributed by atoms with van der Waals surface area (Å²) < 4.78 is 0. The summed E-state index contributed by atoms with van der Waals surface area (Å²) >= 11 is 0. The minimum Gasteiger partial charge on any atom is -0.481 e. The lowest BCUT2D eigenvalue weighted by Gasteiger charge is -2.37. The van der Waals surface area contributed by atoms with Crippen molar-refractivity contribution in [3.05, 3.63) is 0 Å². The van der Waals surface area contributed by atoms with Gasteiger partial charge in [-0.1, -0.05) is 19.3 Å². The van der Waals surface area contributed by atoms with E-state index >= 15 is 0 Å². The van der Waals surface area contributed by atoms with Crippen LogP contribution in [0.2, 0.25) is 0 Å². The van der Waals surface area contributed by atoms with Crippen molar-refractivity contribution in [1.29, 1.82) is 0 Å². The number of carboxylic acid groups (broad SMARTS) is 1. The molecule has 0 aromatic carbocycles. The Balaban J connectivity index is 2.24. The fraction of sp³-hybridized carbons (Fsp3) is 0.857. The number of aliphatic hydroxyl groups is 1. The molecule has 0 aromatic heterocycles. The van der Waals surface area contributed by atoms with Crippen molar-refractivity contribution in [3.63, 3.8) is 0 Å². The minimum atomic E-state index is -0.851. The number of hydrogen-bond acceptors (Lipinski definition) is 3. The Kier molecular flexibility index (Phi) is 7.36. The number of amides is 2. The lowest BCUT2D eigenvalue weighted by atomic mass is 9.72. The average molecular weight is 286 g/mol. The third-order valence-corrected chi connectivity index (χ3v) is 4.03. The molecule has 1 aliphatic rings. The Labute approximate surface area is 119 Å². The largest absolute Gasteiger partial charge is 0.481 e. The first kappa shape index (κ1) is 16.8. The molecule has 4 N–H and O–H groups in total. The zero-order valence-corrected chi connectivity index (χ0v) is 12.0. The highest BCUT2D eigenvalue weighted by atomic mass is 16.4. The number of aliphatic hydroxyl groups excluding tert-OH is 1. The molecule has 0 atom stereocenters. The first-order valence-corrected chi connectivity index (χ1v) is 7.42. The van der Waals surface area contributed by atoms with Crippen LogP contribution in [0.25, 0.3) is 0 Å². The fourth-order valence-corrected chi connectivity index (χ4v) is 2.83. The van der Waals surface area contributed by atoms with Crippen LogP contribution in [0.5, 0.6) is 0 Å². The maximum atomic E-state index is 11.6. The van der Waals surface area contributed by atoms with Crippen LogP contribution in [-0.4, -0.2) is 41.9 Å². The molecular weight excluding hydrogens is 260 g/mol. The van der Waals surface area contributed by atoms with E-state index in [2.05, 4.69) is 10.6 Å². The van der Waals surface area contributed by atoms with E-state index in [0.717, 1.165) is 32.1 Å². The minimum absolute atomic E-state index is 0.0331. The standard InChI is InChI=1S/C14H26N2O4/c17-10-8-14(6-2-1-3-7-14)11-16-13(20)15-9-4-5-12(18)19/h17H,1-11H2,(H,18,19)(H2,15,16,20). The molecule has 2 amide bonds. The molecule has 1 saturated carbocycles. The maximum Gasteiger partial charge on any atom is 0.314 e. The first-order valence-electron chi connectivity index (χ1n) is 7.42. The van der Waals surface area contributed by atoms with Crippen molar-refractivity contribution in [1.82, 2.24) is 10.6 Å². The third-order valence-electron chi connectivity index (χ3n) is 4.03. The van der Waals surface area contributed by atoms with Gasteiger partial charge in [0.05, 0.1) is 0 Å². The molecule has 1 aliphatic carbocycles. The number of urea groups is 1. The van der Waals surface area contributed by atoms with E-state index in [4.69, 9.17) is 5.11 Å². The molecule has 0 aliphatic heterocycles. The summed E-state index contributed by atoms with van der Waals surface area (Å²) in [6.07, 6.45) is 6.86. The summed E-state index contributed by atoms with van der Waals surface area (Å²) in [7, 11) is 0. The Bertz CT molecular complexity index is 309. The maximum absolute atomic E-state index is 11.6. The fourth-order valence-electron chi connectivity index (χ4n) is 2.83. The number of hydrogen-bond donors (Lipinski definition) is 4. The van der Waals surface area contributed by atoms with Crippen molar-refractivity contribution in [2.75, 3.05) is 19.7 Å². The summed E-state index contributed by atoms with van der Waals surface area (Å²) in [5.74, 6) is -0.851. The SMILES string of the molecule is O=C(O)CCCNC(=O)NCC1(CCO)CCCCC1. The molecule has 0 radical (unpaired) electrons. The first-order chi connectivity index (χ1) is 9.58. The lowest BCUT2D eigenvalue weighted by molar-refractivity contribution is -0.137. The summed E-state index contributed by atoms with van der Waals surface area (Å²) in [5, 5.41) is 23.2. The van der Waals surface area contributed by atoms with Crippen LogP contribution in [0.4, 0.5) is 4.79 Å². The molecule has 0 saturated heterocycles. The van der Waals surface area contributed by atoms with Crippen LogP contribution in [0.1, 0.15) is 51.4 Å². The number of carboxylic acids is 1. The highest BCUT2D eigenvalue weighted by Crippen LogP contribution is 2.38. The monoisotopic (exact) mass is 286 g/mol. The molecule has 0 spiro atoms. The summed E-state index contributed by atoms with van der Waals surface area (Å²) in [6.45, 7) is 1.10. The van der Waals surface area contributed by atoms with Crippen molar-refractivity contribution in [2.24, 2.45) is 5.41 Å². The molecule has 6 nitrogen and oxygen atoms in total. The Morgan fingerprint density at radius 3 is 2.40 bits per heavy atom. The van der Waals surface area contributed by atoms with Crippen LogP contribution in [0.15, 0.2) is 0 Å². The molecule has 0 bridgehead atoms. The van der Waals surface area contributed by atoms with Gasteiger partial charge in [-0.15, -0.1) is 0 Å². The smallest absolute Gasteiger partial charge is 0.314 e. The van der Waals surface area contributed by atoms with E-state index in [1.165, 1.54) is 6.42 Å². The predicted octanol–water partition coefficient (Wildman–Crippen LogP) is 1.48. The zero-order valence-electron chi connectivity index (χ0n) is 12.0. The van der Waals surface area contributed by atoms with Gasteiger partial charge in [0, 0.05) is 26.1 Å². The highest BCUT2D eigenvalue weighted by molar-refractivity contribution is 5.74. The lowest BCUT2D eigenvalue weighted by Crippen LogP contribution is -2.44. The zero-order chi connectivity index (χ0) is 14.8. The van der Waals surface area contributed by atoms with Gasteiger partial charge in [-0.25, -0.2) is 4.79 Å². The molecule has 1 rings (SSSR count). The number of aliphatic carboxylic acids is 1. The van der Waals surface area contributed by atoms with Gasteiger partial charge < -0.3 is 20.8 Å². The van der Waals surface area contributed by atoms with Gasteiger partial charge in [0.15, 0.2) is 0 Å². The van der Waals surface area contributed by atoms with E-state index < -0.39 is 5.97 Å². The van der Waals surface area contributed by atoms with Gasteiger partial charge >= 0.3 is 12.0 Å². The second-order valence-electron chi connectivity index (χ2n) is 5.64. The van der Waals surface area contributed by atoms with Crippen molar-refractivity contribution in [3.8, 4) is 0 Å². The highest BCUT2D eigenvalue weighted by Gasteiger charge is 2.31. The average Bonchev–Trinajstić information content (AvgIpc) is 2.43. The molecule has 0 unspecified atom stereocenters. The van der Waals surface area contributed by atoms with Crippen LogP contribution in [0.3, 0.4) is 0 Å². The topological polar surface area (TPSA) is 98.7 Å². The molecule has 0 heterocycles. The molecule has 20 heavy (non-hydrogen) atoms. The summed E-state index contributed by atoms with van der Waals surface area (Å²) in [4.78, 5) is 22.0. The van der Waals surface area contributed by atoms with Gasteiger partial charge in [-0.05, 0) is 31.1 Å². The Morgan fingerprint density at radius 2 is 1.80 bits per heavy atom. The number of nitrogens with one attached hydrogen (secondary N) is 2. The van der Waals surface area contributed by atoms with Crippen LogP contribution >= 0.6 is 0 Å². The van der Waals surface area contributed by atoms with Gasteiger partial charge in [-0.2, -0.15) is 0 Å². The van der Waals surface area contributed by atoms with E-state index in [-0.39, 0.29) is 24.5 Å². The van der Waals surface area contributed by atoms with E-state index in [0.29, 0.717) is 19.5 Å². The van der Waals surface area contributed by atoms with Crippen molar-refractivity contribution >= 4 is 12.0 Å². The Morgan fingerprint density at radius 1 is 1.10 bits per heavy atom. The van der Waals surface area contributed by atoms with Gasteiger partial charge in [0.25, 0.3) is 0 Å². The molecular formula is C14H26N2O4. The van der Waals surface area contributed by atoms with E-state index in [9.17, 15) is 14.7 Å². The van der Waals surface area contributed by atoms with E-state index in [1.54, 1.807) is 0 Å². The van der Waals surface area contributed by atoms with Gasteiger partial charge in [0.2, 0.25) is 0 Å². The Hall–Kier alpha value is -1.30. The second kappa shape index (κ2) is 8.79. The normalized spacial score (nSPS) is 17.4. The number of rotatable bonds is 8. The molecule has 0 aromatic rings. The van der Waals surface area contributed by atoms with Crippen LogP contribution < -0.4 is 10.6 Å². The third kappa shape index (κ3) is 6.23. The van der Waals surface area contributed by atoms with Gasteiger partial charge in [0.1, 0.15) is 0 Å². The van der Waals surface area contributed by atoms with Crippen molar-refractivity contribution in [2.45, 2.75) is 51.4 Å². The molecule has 116 valence electrons. The van der Waals surface area contributed by atoms with Crippen LogP contribution in [-0.2, 0) is 4.79 Å². The van der Waals surface area contributed by atoms with Crippen molar-refractivity contribution < 1.29 is 19.8 Å². The number of carbonyl (C=O) groups is 2.